The van der Waals surface area contributed by atoms with Crippen molar-refractivity contribution >= 4 is 0 Å². The summed E-state index contributed by atoms with van der Waals surface area (Å²) < 4.78 is 12.0. The van der Waals surface area contributed by atoms with Crippen LogP contribution in [-0.4, -0.2) is 53.1 Å². The van der Waals surface area contributed by atoms with Gasteiger partial charge in [0.15, 0.2) is 17.6 Å². The van der Waals surface area contributed by atoms with Crippen LogP contribution < -0.4 is 9.47 Å². The molecule has 0 fully saturated rings. The van der Waals surface area contributed by atoms with Crippen molar-refractivity contribution < 1.29 is 50.3 Å². The summed E-state index contributed by atoms with van der Waals surface area (Å²) in [6, 6.07) is 15.6. The van der Waals surface area contributed by atoms with Crippen LogP contribution in [0.4, 0.5) is 0 Å². The standard InChI is InChI=1S/C30H26O10/c31-15-4-1-13(2-5-15)30-28(38)25(17-7-6-16(32)10-23(17)40-30)26-21(35)12-24-18(27(26)37)11-22(36)29(39-24)14-3-8-19(33)20(34)9-14/h1-10,12,22,25,28-38H,11H2/t22-,25+,28+,29-,30-/m0/s1. The molecule has 0 unspecified atom stereocenters. The zero-order valence-electron chi connectivity index (χ0n) is 20.8. The van der Waals surface area contributed by atoms with E-state index >= 15 is 0 Å². The van der Waals surface area contributed by atoms with E-state index in [0.717, 1.165) is 0 Å². The minimum Gasteiger partial charge on any atom is -0.508 e. The van der Waals surface area contributed by atoms with Gasteiger partial charge in [-0.25, -0.2) is 0 Å². The minimum atomic E-state index is -1.32. The maximum atomic E-state index is 11.6. The third-order valence-corrected chi connectivity index (χ3v) is 7.50. The van der Waals surface area contributed by atoms with Gasteiger partial charge in [0.2, 0.25) is 0 Å². The summed E-state index contributed by atoms with van der Waals surface area (Å²) in [7, 11) is 0. The van der Waals surface area contributed by atoms with E-state index in [1.165, 1.54) is 54.6 Å². The molecule has 2 heterocycles. The van der Waals surface area contributed by atoms with Crippen LogP contribution in [0.15, 0.2) is 66.7 Å². The first kappa shape index (κ1) is 25.5. The molecule has 10 nitrogen and oxygen atoms in total. The van der Waals surface area contributed by atoms with Crippen LogP contribution in [0.3, 0.4) is 0 Å². The lowest BCUT2D eigenvalue weighted by atomic mass is 9.78. The molecule has 2 aliphatic heterocycles. The van der Waals surface area contributed by atoms with Crippen LogP contribution in [0.2, 0.25) is 0 Å². The first-order valence-corrected chi connectivity index (χ1v) is 12.5. The molecule has 0 saturated carbocycles. The van der Waals surface area contributed by atoms with Gasteiger partial charge in [0, 0.05) is 41.2 Å². The van der Waals surface area contributed by atoms with Gasteiger partial charge >= 0.3 is 0 Å². The van der Waals surface area contributed by atoms with Crippen molar-refractivity contribution in [3.63, 3.8) is 0 Å². The first-order valence-electron chi connectivity index (χ1n) is 12.5. The summed E-state index contributed by atoms with van der Waals surface area (Å²) in [4.78, 5) is 0. The molecule has 0 spiro atoms. The van der Waals surface area contributed by atoms with Gasteiger partial charge in [-0.05, 0) is 41.5 Å². The molecule has 10 heteroatoms. The highest BCUT2D eigenvalue weighted by Crippen LogP contribution is 2.54. The Labute approximate surface area is 227 Å². The van der Waals surface area contributed by atoms with Crippen molar-refractivity contribution in [1.82, 2.24) is 0 Å². The smallest absolute Gasteiger partial charge is 0.157 e. The number of ether oxygens (including phenoxy) is 2. The van der Waals surface area contributed by atoms with E-state index in [2.05, 4.69) is 0 Å². The molecule has 4 aromatic rings. The molecule has 0 bridgehead atoms. The molecule has 206 valence electrons. The molecule has 0 aliphatic carbocycles. The Balaban J connectivity index is 1.44. The van der Waals surface area contributed by atoms with Gasteiger partial charge in [0.05, 0.1) is 6.10 Å². The molecule has 40 heavy (non-hydrogen) atoms. The van der Waals surface area contributed by atoms with E-state index in [1.807, 2.05) is 0 Å². The predicted molar refractivity (Wildman–Crippen MR) is 140 cm³/mol. The van der Waals surface area contributed by atoms with Crippen molar-refractivity contribution in [3.05, 3.63) is 94.5 Å². The second-order valence-corrected chi connectivity index (χ2v) is 10.0. The van der Waals surface area contributed by atoms with E-state index < -0.39 is 30.3 Å². The van der Waals surface area contributed by atoms with Gasteiger partial charge in [-0.1, -0.05) is 24.3 Å². The quantitative estimate of drug-likeness (QED) is 0.177. The van der Waals surface area contributed by atoms with Crippen LogP contribution in [0.25, 0.3) is 0 Å². The SMILES string of the molecule is Oc1ccc([C@@H]2Oc3cc(O)ccc3[C@H](c3c(O)cc4c(c3O)C[C@H](O)[C@H](c3ccc(O)c(O)c3)O4)[C@H]2O)cc1. The Bertz CT molecular complexity index is 1600. The van der Waals surface area contributed by atoms with Gasteiger partial charge in [0.25, 0.3) is 0 Å². The van der Waals surface area contributed by atoms with Crippen LogP contribution in [0.5, 0.6) is 46.0 Å². The van der Waals surface area contributed by atoms with E-state index in [4.69, 9.17) is 9.47 Å². The average molecular weight is 547 g/mol. The normalized spacial score (nSPS) is 23.4. The number of benzene rings is 4. The molecule has 6 rings (SSSR count). The second kappa shape index (κ2) is 9.44. The summed E-state index contributed by atoms with van der Waals surface area (Å²) in [5, 5.41) is 84.5. The third-order valence-electron chi connectivity index (χ3n) is 7.50. The van der Waals surface area contributed by atoms with Crippen molar-refractivity contribution in [2.75, 3.05) is 0 Å². The number of aromatic hydroxyl groups is 6. The van der Waals surface area contributed by atoms with Gasteiger partial charge in [-0.15, -0.1) is 0 Å². The van der Waals surface area contributed by atoms with Gasteiger partial charge in [-0.2, -0.15) is 0 Å². The maximum absolute atomic E-state index is 11.6. The molecule has 0 aromatic heterocycles. The summed E-state index contributed by atoms with van der Waals surface area (Å²) >= 11 is 0. The van der Waals surface area contributed by atoms with Crippen molar-refractivity contribution in [1.29, 1.82) is 0 Å². The highest BCUT2D eigenvalue weighted by molar-refractivity contribution is 5.63. The zero-order valence-corrected chi connectivity index (χ0v) is 20.8. The van der Waals surface area contributed by atoms with Gasteiger partial charge in [-0.3, -0.25) is 0 Å². The number of hydrogen-bond donors (Lipinski definition) is 8. The monoisotopic (exact) mass is 546 g/mol. The van der Waals surface area contributed by atoms with E-state index in [0.29, 0.717) is 16.7 Å². The highest BCUT2D eigenvalue weighted by atomic mass is 16.5. The molecule has 2 aliphatic rings. The Morgan fingerprint density at radius 1 is 0.600 bits per heavy atom. The Hall–Kier alpha value is -4.80. The zero-order chi connectivity index (χ0) is 28.3. The summed E-state index contributed by atoms with van der Waals surface area (Å²) in [5.74, 6) is -2.22. The number of fused-ring (bicyclic) bond motifs is 2. The van der Waals surface area contributed by atoms with Gasteiger partial charge in [0.1, 0.15) is 46.7 Å². The number of phenolic OH excluding ortho intramolecular Hbond substituents is 6. The lowest BCUT2D eigenvalue weighted by Crippen LogP contribution is -2.35. The van der Waals surface area contributed by atoms with E-state index in [9.17, 15) is 40.9 Å². The molecule has 0 radical (unpaired) electrons. The Morgan fingerprint density at radius 3 is 2.00 bits per heavy atom. The summed E-state index contributed by atoms with van der Waals surface area (Å²) in [6.45, 7) is 0. The van der Waals surface area contributed by atoms with Crippen LogP contribution in [0.1, 0.15) is 45.9 Å². The molecule has 5 atom stereocenters. The maximum Gasteiger partial charge on any atom is 0.157 e. The third kappa shape index (κ3) is 4.14. The minimum absolute atomic E-state index is 0.0122. The Morgan fingerprint density at radius 2 is 1.27 bits per heavy atom. The fraction of sp³-hybridized carbons (Fsp3) is 0.200. The van der Waals surface area contributed by atoms with Crippen molar-refractivity contribution in [3.8, 4) is 46.0 Å². The molecule has 0 saturated heterocycles. The molecular formula is C30H26O10. The number of aliphatic hydroxyl groups excluding tert-OH is 2. The van der Waals surface area contributed by atoms with Crippen LogP contribution >= 0.6 is 0 Å². The molecular weight excluding hydrogens is 520 g/mol. The lowest BCUT2D eigenvalue weighted by molar-refractivity contribution is 0.00667. The lowest BCUT2D eigenvalue weighted by Gasteiger charge is -2.39. The molecule has 8 N–H and O–H groups in total. The number of hydrogen-bond acceptors (Lipinski definition) is 10. The van der Waals surface area contributed by atoms with Crippen LogP contribution in [-0.2, 0) is 6.42 Å². The number of rotatable bonds is 3. The molecule has 4 aromatic carbocycles. The largest absolute Gasteiger partial charge is 0.508 e. The average Bonchev–Trinajstić information content (AvgIpc) is 2.92. The number of phenols is 6. The fourth-order valence-corrected chi connectivity index (χ4v) is 5.54. The summed E-state index contributed by atoms with van der Waals surface area (Å²) in [6.07, 6.45) is -4.50. The van der Waals surface area contributed by atoms with Crippen LogP contribution in [0, 0.1) is 0 Å². The number of aliphatic hydroxyl groups is 2. The van der Waals surface area contributed by atoms with Crippen molar-refractivity contribution in [2.24, 2.45) is 0 Å². The first-order chi connectivity index (χ1) is 19.1. The topological polar surface area (TPSA) is 180 Å². The Kier molecular flexibility index (Phi) is 6.01. The fourth-order valence-electron chi connectivity index (χ4n) is 5.54. The van der Waals surface area contributed by atoms with E-state index in [-0.39, 0.29) is 63.5 Å². The predicted octanol–water partition coefficient (Wildman–Crippen LogP) is 3.58. The second-order valence-electron chi connectivity index (χ2n) is 10.0. The molecule has 0 amide bonds. The van der Waals surface area contributed by atoms with E-state index in [1.54, 1.807) is 12.1 Å². The summed E-state index contributed by atoms with van der Waals surface area (Å²) in [5.41, 5.74) is 1.49. The van der Waals surface area contributed by atoms with Gasteiger partial charge < -0.3 is 50.3 Å². The van der Waals surface area contributed by atoms with Crippen molar-refractivity contribution in [2.45, 2.75) is 36.8 Å². The highest BCUT2D eigenvalue weighted by Gasteiger charge is 2.43.